The average molecular weight is 230 g/mol. The highest BCUT2D eigenvalue weighted by molar-refractivity contribution is 6.32. The van der Waals surface area contributed by atoms with Crippen LogP contribution in [0.4, 0.5) is 0 Å². The summed E-state index contributed by atoms with van der Waals surface area (Å²) in [5.41, 5.74) is 6.28. The number of benzene rings is 1. The molecule has 0 aliphatic carbocycles. The maximum atomic E-state index is 9.76. The Morgan fingerprint density at radius 3 is 2.73 bits per heavy atom. The summed E-state index contributed by atoms with van der Waals surface area (Å²) >= 11 is 5.98. The number of halogens is 1. The first-order valence-corrected chi connectivity index (χ1v) is 5.24. The smallest absolute Gasteiger partial charge is 0.141 e. The van der Waals surface area contributed by atoms with Crippen molar-refractivity contribution in [2.75, 3.05) is 13.7 Å². The number of nitrogens with two attached hydrogens (primary N) is 1. The molecule has 0 heterocycles. The first kappa shape index (κ1) is 12.1. The van der Waals surface area contributed by atoms with Crippen LogP contribution in [0.25, 0.3) is 0 Å². The molecule has 1 rings (SSSR count). The third-order valence-corrected chi connectivity index (χ3v) is 2.73. The Morgan fingerprint density at radius 1 is 1.53 bits per heavy atom. The Bertz CT molecular complexity index is 342. The lowest BCUT2D eigenvalue weighted by Crippen LogP contribution is -2.05. The van der Waals surface area contributed by atoms with Gasteiger partial charge in [-0.15, -0.1) is 0 Å². The molecule has 1 atom stereocenters. The van der Waals surface area contributed by atoms with E-state index < -0.39 is 0 Å². The third-order valence-electron chi connectivity index (χ3n) is 2.43. The SMILES string of the molecule is COc1cc(O)c(C(C)CCN)cc1Cl. The number of hydrogen-bond acceptors (Lipinski definition) is 3. The molecule has 3 N–H and O–H groups in total. The van der Waals surface area contributed by atoms with Crippen LogP contribution in [-0.2, 0) is 0 Å². The topological polar surface area (TPSA) is 55.5 Å². The van der Waals surface area contributed by atoms with E-state index in [2.05, 4.69) is 0 Å². The summed E-state index contributed by atoms with van der Waals surface area (Å²) in [5, 5.41) is 10.3. The van der Waals surface area contributed by atoms with Gasteiger partial charge in [0.15, 0.2) is 0 Å². The predicted molar refractivity (Wildman–Crippen MR) is 61.8 cm³/mol. The fraction of sp³-hybridized carbons (Fsp3) is 0.455. The van der Waals surface area contributed by atoms with Crippen molar-refractivity contribution in [2.24, 2.45) is 5.73 Å². The van der Waals surface area contributed by atoms with Crippen LogP contribution in [0.3, 0.4) is 0 Å². The van der Waals surface area contributed by atoms with Gasteiger partial charge in [0.05, 0.1) is 12.1 Å². The highest BCUT2D eigenvalue weighted by Crippen LogP contribution is 2.36. The summed E-state index contributed by atoms with van der Waals surface area (Å²) in [4.78, 5) is 0. The van der Waals surface area contributed by atoms with Crippen LogP contribution in [0.15, 0.2) is 12.1 Å². The second-order valence-corrected chi connectivity index (χ2v) is 3.93. The van der Waals surface area contributed by atoms with E-state index in [9.17, 15) is 5.11 Å². The van der Waals surface area contributed by atoms with Crippen LogP contribution in [0.1, 0.15) is 24.8 Å². The minimum atomic E-state index is 0.193. The summed E-state index contributed by atoms with van der Waals surface area (Å²) in [6.07, 6.45) is 0.816. The van der Waals surface area contributed by atoms with Crippen molar-refractivity contribution in [3.05, 3.63) is 22.7 Å². The van der Waals surface area contributed by atoms with Crippen molar-refractivity contribution in [1.82, 2.24) is 0 Å². The van der Waals surface area contributed by atoms with Gasteiger partial charge in [-0.05, 0) is 30.5 Å². The van der Waals surface area contributed by atoms with Crippen molar-refractivity contribution < 1.29 is 9.84 Å². The van der Waals surface area contributed by atoms with Gasteiger partial charge in [-0.1, -0.05) is 18.5 Å². The van der Waals surface area contributed by atoms with Crippen LogP contribution in [0.2, 0.25) is 5.02 Å². The number of methoxy groups -OCH3 is 1. The van der Waals surface area contributed by atoms with Gasteiger partial charge in [0.2, 0.25) is 0 Å². The summed E-state index contributed by atoms with van der Waals surface area (Å²) in [5.74, 6) is 0.883. The molecule has 0 aromatic heterocycles. The lowest BCUT2D eigenvalue weighted by molar-refractivity contribution is 0.405. The molecule has 0 bridgehead atoms. The zero-order valence-electron chi connectivity index (χ0n) is 8.96. The molecule has 1 aromatic rings. The number of phenols is 1. The molecule has 1 unspecified atom stereocenters. The molecule has 15 heavy (non-hydrogen) atoms. The Labute approximate surface area is 94.8 Å². The van der Waals surface area contributed by atoms with Crippen LogP contribution in [-0.4, -0.2) is 18.8 Å². The summed E-state index contributed by atoms with van der Waals surface area (Å²) < 4.78 is 5.00. The molecule has 84 valence electrons. The number of hydrogen-bond donors (Lipinski definition) is 2. The third kappa shape index (κ3) is 2.76. The lowest BCUT2D eigenvalue weighted by Gasteiger charge is -2.14. The second kappa shape index (κ2) is 5.24. The van der Waals surface area contributed by atoms with Crippen molar-refractivity contribution in [2.45, 2.75) is 19.3 Å². The molecule has 0 radical (unpaired) electrons. The molecule has 0 fully saturated rings. The van der Waals surface area contributed by atoms with Gasteiger partial charge in [-0.25, -0.2) is 0 Å². The Balaban J connectivity index is 3.04. The largest absolute Gasteiger partial charge is 0.508 e. The Kier molecular flexibility index (Phi) is 4.24. The molecule has 0 aliphatic rings. The summed E-state index contributed by atoms with van der Waals surface area (Å²) in [6.45, 7) is 2.59. The van der Waals surface area contributed by atoms with E-state index in [0.29, 0.717) is 17.3 Å². The number of phenolic OH excluding ortho intramolecular Hbond substituents is 1. The van der Waals surface area contributed by atoms with Gasteiger partial charge in [0.25, 0.3) is 0 Å². The zero-order chi connectivity index (χ0) is 11.4. The van der Waals surface area contributed by atoms with E-state index >= 15 is 0 Å². The molecular weight excluding hydrogens is 214 g/mol. The predicted octanol–water partition coefficient (Wildman–Crippen LogP) is 2.51. The van der Waals surface area contributed by atoms with Gasteiger partial charge in [-0.2, -0.15) is 0 Å². The molecule has 0 spiro atoms. The molecular formula is C11H16ClNO2. The van der Waals surface area contributed by atoms with Crippen molar-refractivity contribution in [1.29, 1.82) is 0 Å². The minimum Gasteiger partial charge on any atom is -0.508 e. The van der Waals surface area contributed by atoms with E-state index in [1.165, 1.54) is 13.2 Å². The summed E-state index contributed by atoms with van der Waals surface area (Å²) in [7, 11) is 1.52. The van der Waals surface area contributed by atoms with E-state index in [4.69, 9.17) is 22.1 Å². The first-order chi connectivity index (χ1) is 7.10. The fourth-order valence-electron chi connectivity index (χ4n) is 1.51. The maximum absolute atomic E-state index is 9.76. The van der Waals surface area contributed by atoms with Crippen LogP contribution in [0.5, 0.6) is 11.5 Å². The normalized spacial score (nSPS) is 12.5. The van der Waals surface area contributed by atoms with Crippen molar-refractivity contribution in [3.8, 4) is 11.5 Å². The molecule has 3 nitrogen and oxygen atoms in total. The molecule has 0 saturated carbocycles. The van der Waals surface area contributed by atoms with Gasteiger partial charge in [0.1, 0.15) is 11.5 Å². The zero-order valence-corrected chi connectivity index (χ0v) is 9.71. The van der Waals surface area contributed by atoms with Gasteiger partial charge >= 0.3 is 0 Å². The Morgan fingerprint density at radius 2 is 2.20 bits per heavy atom. The molecule has 0 saturated heterocycles. The fourth-order valence-corrected chi connectivity index (χ4v) is 1.76. The van der Waals surface area contributed by atoms with Crippen molar-refractivity contribution in [3.63, 3.8) is 0 Å². The van der Waals surface area contributed by atoms with Gasteiger partial charge in [0, 0.05) is 6.07 Å². The lowest BCUT2D eigenvalue weighted by atomic mass is 9.97. The van der Waals surface area contributed by atoms with Gasteiger partial charge < -0.3 is 15.6 Å². The summed E-state index contributed by atoms with van der Waals surface area (Å²) in [6, 6.07) is 3.26. The minimum absolute atomic E-state index is 0.193. The Hall–Kier alpha value is -0.930. The van der Waals surface area contributed by atoms with Crippen LogP contribution >= 0.6 is 11.6 Å². The van der Waals surface area contributed by atoms with E-state index in [1.807, 2.05) is 6.92 Å². The monoisotopic (exact) mass is 229 g/mol. The second-order valence-electron chi connectivity index (χ2n) is 3.52. The van der Waals surface area contributed by atoms with E-state index in [0.717, 1.165) is 12.0 Å². The number of aromatic hydroxyl groups is 1. The highest BCUT2D eigenvalue weighted by atomic mass is 35.5. The molecule has 0 aliphatic heterocycles. The maximum Gasteiger partial charge on any atom is 0.141 e. The number of rotatable bonds is 4. The number of ether oxygens (including phenoxy) is 1. The molecule has 4 heteroatoms. The average Bonchev–Trinajstić information content (AvgIpc) is 2.21. The molecule has 1 aromatic carbocycles. The van der Waals surface area contributed by atoms with E-state index in [-0.39, 0.29) is 11.7 Å². The quantitative estimate of drug-likeness (QED) is 0.834. The standard InChI is InChI=1S/C11H16ClNO2/c1-7(3-4-13)8-5-9(12)11(15-2)6-10(8)14/h5-7,14H,3-4,13H2,1-2H3. The highest BCUT2D eigenvalue weighted by Gasteiger charge is 2.13. The first-order valence-electron chi connectivity index (χ1n) is 4.86. The van der Waals surface area contributed by atoms with Gasteiger partial charge in [-0.3, -0.25) is 0 Å². The van der Waals surface area contributed by atoms with Crippen LogP contribution in [0, 0.1) is 0 Å². The molecule has 0 amide bonds. The van der Waals surface area contributed by atoms with Crippen LogP contribution < -0.4 is 10.5 Å². The van der Waals surface area contributed by atoms with Crippen molar-refractivity contribution >= 4 is 11.6 Å². The van der Waals surface area contributed by atoms with E-state index in [1.54, 1.807) is 6.07 Å².